The smallest absolute Gasteiger partial charge is 0.224 e. The van der Waals surface area contributed by atoms with Crippen LogP contribution in [0.5, 0.6) is 0 Å². The van der Waals surface area contributed by atoms with Gasteiger partial charge in [-0.2, -0.15) is 0 Å². The van der Waals surface area contributed by atoms with Crippen molar-refractivity contribution < 1.29 is 9.90 Å². The maximum absolute atomic E-state index is 11.9. The number of carbonyl (C=O) groups is 1. The predicted octanol–water partition coefficient (Wildman–Crippen LogP) is 1.28. The lowest BCUT2D eigenvalue weighted by atomic mass is 9.95. The van der Waals surface area contributed by atoms with Crippen LogP contribution in [0.1, 0.15) is 52.4 Å². The molecule has 2 aliphatic heterocycles. The summed E-state index contributed by atoms with van der Waals surface area (Å²) in [7, 11) is 0. The number of aliphatic hydroxyl groups is 1. The SMILES string of the molecule is CCC(O)(CC)CNC1CC(=O)N2CCCCC12. The number of hydrogen-bond donors (Lipinski definition) is 2. The quantitative estimate of drug-likeness (QED) is 0.777. The van der Waals surface area contributed by atoms with E-state index in [1.807, 2.05) is 18.7 Å². The largest absolute Gasteiger partial charge is 0.389 e. The Balaban J connectivity index is 1.92. The Kier molecular flexibility index (Phi) is 4.28. The van der Waals surface area contributed by atoms with E-state index in [0.717, 1.165) is 32.2 Å². The molecule has 2 N–H and O–H groups in total. The van der Waals surface area contributed by atoms with Gasteiger partial charge >= 0.3 is 0 Å². The summed E-state index contributed by atoms with van der Waals surface area (Å²) >= 11 is 0. The van der Waals surface area contributed by atoms with Gasteiger partial charge in [-0.3, -0.25) is 4.79 Å². The molecule has 0 saturated carbocycles. The van der Waals surface area contributed by atoms with Gasteiger partial charge in [0, 0.05) is 31.6 Å². The Morgan fingerprint density at radius 1 is 1.39 bits per heavy atom. The van der Waals surface area contributed by atoms with Crippen LogP contribution in [0.4, 0.5) is 0 Å². The van der Waals surface area contributed by atoms with Gasteiger partial charge in [-0.15, -0.1) is 0 Å². The summed E-state index contributed by atoms with van der Waals surface area (Å²) in [6.45, 7) is 5.55. The topological polar surface area (TPSA) is 52.6 Å². The molecule has 0 aromatic heterocycles. The second kappa shape index (κ2) is 5.57. The molecule has 2 saturated heterocycles. The number of piperidine rings is 1. The number of carbonyl (C=O) groups excluding carboxylic acids is 1. The first kappa shape index (κ1) is 13.8. The highest BCUT2D eigenvalue weighted by Gasteiger charge is 2.41. The fourth-order valence-corrected chi connectivity index (χ4v) is 3.16. The summed E-state index contributed by atoms with van der Waals surface area (Å²) in [4.78, 5) is 13.9. The van der Waals surface area contributed by atoms with E-state index >= 15 is 0 Å². The first-order valence-corrected chi connectivity index (χ1v) is 7.35. The number of amides is 1. The highest BCUT2D eigenvalue weighted by Crippen LogP contribution is 2.28. The van der Waals surface area contributed by atoms with Crippen LogP contribution in [0.2, 0.25) is 0 Å². The molecule has 0 spiro atoms. The van der Waals surface area contributed by atoms with Gasteiger partial charge in [-0.1, -0.05) is 13.8 Å². The van der Waals surface area contributed by atoms with E-state index in [1.54, 1.807) is 0 Å². The molecule has 0 aliphatic carbocycles. The lowest BCUT2D eigenvalue weighted by Crippen LogP contribution is -2.50. The second-order valence-corrected chi connectivity index (χ2v) is 5.77. The number of fused-ring (bicyclic) bond motifs is 1. The Morgan fingerprint density at radius 2 is 2.11 bits per heavy atom. The molecule has 2 rings (SSSR count). The molecule has 0 radical (unpaired) electrons. The van der Waals surface area contributed by atoms with Gasteiger partial charge in [-0.25, -0.2) is 0 Å². The minimum Gasteiger partial charge on any atom is -0.389 e. The minimum absolute atomic E-state index is 0.238. The van der Waals surface area contributed by atoms with Crippen molar-refractivity contribution in [3.63, 3.8) is 0 Å². The summed E-state index contributed by atoms with van der Waals surface area (Å²) in [6.07, 6.45) is 5.59. The molecule has 1 amide bonds. The normalized spacial score (nSPS) is 28.6. The highest BCUT2D eigenvalue weighted by atomic mass is 16.3. The molecule has 0 aromatic carbocycles. The zero-order valence-electron chi connectivity index (χ0n) is 11.6. The monoisotopic (exact) mass is 254 g/mol. The zero-order valence-corrected chi connectivity index (χ0v) is 11.6. The maximum atomic E-state index is 11.9. The zero-order chi connectivity index (χ0) is 13.2. The molecule has 0 aromatic rings. The predicted molar refractivity (Wildman–Crippen MR) is 71.3 cm³/mol. The molecule has 2 heterocycles. The summed E-state index contributed by atoms with van der Waals surface area (Å²) in [5, 5.41) is 13.7. The third-order valence-corrected chi connectivity index (χ3v) is 4.74. The molecule has 2 atom stereocenters. The molecule has 2 unspecified atom stereocenters. The van der Waals surface area contributed by atoms with Crippen LogP contribution in [0.3, 0.4) is 0 Å². The van der Waals surface area contributed by atoms with Crippen LogP contribution in [0, 0.1) is 0 Å². The number of rotatable bonds is 5. The van der Waals surface area contributed by atoms with Gasteiger partial charge in [0.25, 0.3) is 0 Å². The molecule has 4 nitrogen and oxygen atoms in total. The molecular formula is C14H26N2O2. The van der Waals surface area contributed by atoms with E-state index in [0.29, 0.717) is 19.0 Å². The van der Waals surface area contributed by atoms with E-state index in [2.05, 4.69) is 5.32 Å². The van der Waals surface area contributed by atoms with E-state index in [1.165, 1.54) is 6.42 Å². The molecule has 2 aliphatic rings. The van der Waals surface area contributed by atoms with Crippen LogP contribution >= 0.6 is 0 Å². The third-order valence-electron chi connectivity index (χ3n) is 4.74. The molecule has 2 fully saturated rings. The summed E-state index contributed by atoms with van der Waals surface area (Å²) in [6, 6.07) is 0.603. The van der Waals surface area contributed by atoms with Crippen molar-refractivity contribution in [2.24, 2.45) is 0 Å². The van der Waals surface area contributed by atoms with Crippen LogP contribution < -0.4 is 5.32 Å². The van der Waals surface area contributed by atoms with Crippen LogP contribution in [0.25, 0.3) is 0 Å². The van der Waals surface area contributed by atoms with Crippen molar-refractivity contribution in [3.05, 3.63) is 0 Å². The fraction of sp³-hybridized carbons (Fsp3) is 0.929. The van der Waals surface area contributed by atoms with E-state index in [9.17, 15) is 9.90 Å². The van der Waals surface area contributed by atoms with Gasteiger partial charge in [-0.05, 0) is 32.1 Å². The van der Waals surface area contributed by atoms with Crippen LogP contribution in [-0.4, -0.2) is 46.7 Å². The maximum Gasteiger partial charge on any atom is 0.224 e. The number of nitrogens with zero attached hydrogens (tertiary/aromatic N) is 1. The molecule has 104 valence electrons. The van der Waals surface area contributed by atoms with Gasteiger partial charge < -0.3 is 15.3 Å². The van der Waals surface area contributed by atoms with Crippen molar-refractivity contribution >= 4 is 5.91 Å². The van der Waals surface area contributed by atoms with Gasteiger partial charge in [0.05, 0.1) is 5.60 Å². The molecule has 0 bridgehead atoms. The Bertz CT molecular complexity index is 302. The van der Waals surface area contributed by atoms with Gasteiger partial charge in [0.15, 0.2) is 0 Å². The molecule has 4 heteroatoms. The Hall–Kier alpha value is -0.610. The Labute approximate surface area is 110 Å². The standard InChI is InChI=1S/C14H26N2O2/c1-3-14(18,4-2)10-15-11-9-13(17)16-8-6-5-7-12(11)16/h11-12,15,18H,3-10H2,1-2H3. The number of nitrogens with one attached hydrogen (secondary N) is 1. The van der Waals surface area contributed by atoms with Crippen molar-refractivity contribution in [2.75, 3.05) is 13.1 Å². The molecule has 18 heavy (non-hydrogen) atoms. The summed E-state index contributed by atoms with van der Waals surface area (Å²) < 4.78 is 0. The van der Waals surface area contributed by atoms with Gasteiger partial charge in [0.2, 0.25) is 5.91 Å². The number of hydrogen-bond acceptors (Lipinski definition) is 3. The molecular weight excluding hydrogens is 228 g/mol. The van der Waals surface area contributed by atoms with Crippen molar-refractivity contribution in [1.82, 2.24) is 10.2 Å². The fourth-order valence-electron chi connectivity index (χ4n) is 3.16. The summed E-state index contributed by atoms with van der Waals surface area (Å²) in [5.74, 6) is 0.286. The first-order chi connectivity index (χ1) is 8.59. The van der Waals surface area contributed by atoms with E-state index < -0.39 is 5.60 Å². The highest BCUT2D eigenvalue weighted by molar-refractivity contribution is 5.80. The van der Waals surface area contributed by atoms with E-state index in [4.69, 9.17) is 0 Å². The first-order valence-electron chi connectivity index (χ1n) is 7.35. The van der Waals surface area contributed by atoms with Crippen LogP contribution in [-0.2, 0) is 4.79 Å². The Morgan fingerprint density at radius 3 is 2.78 bits per heavy atom. The lowest BCUT2D eigenvalue weighted by Gasteiger charge is -2.34. The van der Waals surface area contributed by atoms with Crippen molar-refractivity contribution in [3.8, 4) is 0 Å². The van der Waals surface area contributed by atoms with Crippen molar-refractivity contribution in [1.29, 1.82) is 0 Å². The average Bonchev–Trinajstić information content (AvgIpc) is 2.74. The lowest BCUT2D eigenvalue weighted by molar-refractivity contribution is -0.129. The van der Waals surface area contributed by atoms with Crippen LogP contribution in [0.15, 0.2) is 0 Å². The third kappa shape index (κ3) is 2.69. The summed E-state index contributed by atoms with van der Waals surface area (Å²) in [5.41, 5.74) is -0.620. The van der Waals surface area contributed by atoms with E-state index in [-0.39, 0.29) is 11.9 Å². The second-order valence-electron chi connectivity index (χ2n) is 5.77. The minimum atomic E-state index is -0.620. The average molecular weight is 254 g/mol. The van der Waals surface area contributed by atoms with Gasteiger partial charge in [0.1, 0.15) is 0 Å². The van der Waals surface area contributed by atoms with Crippen molar-refractivity contribution in [2.45, 2.75) is 70.1 Å².